The second-order valence-electron chi connectivity index (χ2n) is 15.3. The smallest absolute Gasteiger partial charge is 0.247 e. The van der Waals surface area contributed by atoms with Crippen molar-refractivity contribution in [3.05, 3.63) is 120 Å². The van der Waals surface area contributed by atoms with E-state index in [2.05, 4.69) is 37.9 Å². The van der Waals surface area contributed by atoms with E-state index in [4.69, 9.17) is 15.2 Å². The van der Waals surface area contributed by atoms with E-state index in [1.807, 2.05) is 78.9 Å². The van der Waals surface area contributed by atoms with Crippen molar-refractivity contribution in [2.45, 2.75) is 88.4 Å². The molecule has 3 fully saturated rings. The zero-order valence-corrected chi connectivity index (χ0v) is 32.4. The summed E-state index contributed by atoms with van der Waals surface area (Å²) in [5.74, 6) is -0.0401. The van der Waals surface area contributed by atoms with Crippen LogP contribution < -0.4 is 26.6 Å². The van der Waals surface area contributed by atoms with Gasteiger partial charge in [-0.1, -0.05) is 79.6 Å². The molecule has 6 N–H and O–H groups in total. The minimum atomic E-state index is -0.663. The average molecular weight is 775 g/mol. The summed E-state index contributed by atoms with van der Waals surface area (Å²) in [7, 11) is 0. The van der Waals surface area contributed by atoms with E-state index in [1.165, 1.54) is 0 Å². The number of carbonyl (C=O) groups excluding carboxylic acids is 3. The Hall–Kier alpha value is -5.27. The largest absolute Gasteiger partial charge is 0.397 e. The Bertz CT molecular complexity index is 1970. The molecule has 0 saturated carbocycles. The van der Waals surface area contributed by atoms with Gasteiger partial charge in [-0.15, -0.1) is 0 Å². The number of unbranched alkanes of at least 4 members (excludes halogenated alkanes) is 3. The quantitative estimate of drug-likeness (QED) is 0.0659. The number of hydrogen-bond donors (Lipinski definition) is 5. The van der Waals surface area contributed by atoms with Crippen LogP contribution in [0.15, 0.2) is 103 Å². The summed E-state index contributed by atoms with van der Waals surface area (Å²) in [6.07, 6.45) is 4.96. The minimum Gasteiger partial charge on any atom is -0.397 e. The van der Waals surface area contributed by atoms with Crippen LogP contribution in [0.25, 0.3) is 0 Å². The highest BCUT2D eigenvalue weighted by atomic mass is 16.7. The molecule has 0 unspecified atom stereocenters. The highest BCUT2D eigenvalue weighted by Gasteiger charge is 2.50. The first-order valence-corrected chi connectivity index (χ1v) is 20.2. The summed E-state index contributed by atoms with van der Waals surface area (Å²) in [6, 6.07) is 32.8. The van der Waals surface area contributed by atoms with Crippen LogP contribution in [-0.2, 0) is 30.5 Å². The fraction of sp³-hybridized carbons (Fsp3) is 0.400. The van der Waals surface area contributed by atoms with Crippen molar-refractivity contribution >= 4 is 40.5 Å². The summed E-state index contributed by atoms with van der Waals surface area (Å²) < 4.78 is 13.3. The molecule has 300 valence electrons. The highest BCUT2D eigenvalue weighted by molar-refractivity contribution is 5.94. The van der Waals surface area contributed by atoms with Crippen molar-refractivity contribution in [1.82, 2.24) is 10.2 Å². The number of likely N-dealkylation sites (tertiary alicyclic amines) is 1. The lowest BCUT2D eigenvalue weighted by Gasteiger charge is -2.45. The van der Waals surface area contributed by atoms with Crippen LogP contribution in [0, 0.1) is 0 Å². The van der Waals surface area contributed by atoms with Crippen molar-refractivity contribution in [2.75, 3.05) is 47.6 Å². The number of nitrogens with zero attached hydrogens (tertiary/aromatic N) is 2. The highest BCUT2D eigenvalue weighted by Crippen LogP contribution is 2.40. The van der Waals surface area contributed by atoms with Crippen LogP contribution in [0.2, 0.25) is 0 Å². The second-order valence-corrected chi connectivity index (χ2v) is 15.3. The summed E-state index contributed by atoms with van der Waals surface area (Å²) in [5.41, 5.74) is 10.9. The summed E-state index contributed by atoms with van der Waals surface area (Å²) in [6.45, 7) is 2.70. The molecule has 12 nitrogen and oxygen atoms in total. The molecular formula is C45H54N6O6. The first-order valence-electron chi connectivity index (χ1n) is 20.2. The molecule has 3 aliphatic rings. The zero-order chi connectivity index (χ0) is 39.6. The molecule has 12 heteroatoms. The van der Waals surface area contributed by atoms with E-state index in [9.17, 15) is 19.5 Å². The van der Waals surface area contributed by atoms with Gasteiger partial charge in [0.2, 0.25) is 17.7 Å². The van der Waals surface area contributed by atoms with Crippen LogP contribution in [0.5, 0.6) is 0 Å². The van der Waals surface area contributed by atoms with Crippen LogP contribution in [0.3, 0.4) is 0 Å². The van der Waals surface area contributed by atoms with Gasteiger partial charge in [-0.2, -0.15) is 0 Å². The number of hydrogen-bond acceptors (Lipinski definition) is 9. The molecule has 1 spiro atoms. The lowest BCUT2D eigenvalue weighted by molar-refractivity contribution is -0.253. The van der Waals surface area contributed by atoms with E-state index in [1.54, 1.807) is 12.1 Å². The van der Waals surface area contributed by atoms with Gasteiger partial charge in [0.25, 0.3) is 0 Å². The maximum Gasteiger partial charge on any atom is 0.247 e. The summed E-state index contributed by atoms with van der Waals surface area (Å²) >= 11 is 0. The zero-order valence-electron chi connectivity index (χ0n) is 32.4. The van der Waals surface area contributed by atoms with Gasteiger partial charge in [-0.25, -0.2) is 0 Å². The topological polar surface area (TPSA) is 158 Å². The van der Waals surface area contributed by atoms with Gasteiger partial charge < -0.3 is 46.1 Å². The van der Waals surface area contributed by atoms with Crippen LogP contribution in [-0.4, -0.2) is 65.7 Å². The molecule has 3 heterocycles. The number of nitrogens with two attached hydrogens (primary N) is 1. The average Bonchev–Trinajstić information content (AvgIpc) is 3.55. The standard InChI is InChI=1S/C45H54N6O6/c46-38-15-8-9-16-39(38)49-42(54)18-7-2-1-6-17-41(53)48-35-12-10-11-34(27-35)43-56-37(28-40(57-43)33-21-19-32(30-52)20-22-33)29-50-25-23-45(24-26-50)44(55)47-31-51(45)36-13-4-3-5-14-36/h3-5,8-16,19-22,27,37,40,43,52H,1-2,6-7,17-18,23-26,28-31,46H2,(H,47,55)(H,48,53)(H,49,54)/t37-,40+,43+/m0/s1. The first kappa shape index (κ1) is 39.9. The predicted octanol–water partition coefficient (Wildman–Crippen LogP) is 6.65. The van der Waals surface area contributed by atoms with Gasteiger partial charge >= 0.3 is 0 Å². The maximum atomic E-state index is 13.3. The number of anilines is 4. The Morgan fingerprint density at radius 1 is 0.807 bits per heavy atom. The predicted molar refractivity (Wildman–Crippen MR) is 221 cm³/mol. The van der Waals surface area contributed by atoms with Crippen molar-refractivity contribution in [3.8, 4) is 0 Å². The molecule has 0 radical (unpaired) electrons. The Morgan fingerprint density at radius 3 is 2.23 bits per heavy atom. The lowest BCUT2D eigenvalue weighted by Crippen LogP contribution is -2.57. The van der Waals surface area contributed by atoms with Crippen molar-refractivity contribution in [2.24, 2.45) is 0 Å². The Labute approximate surface area is 334 Å². The molecule has 3 atom stereocenters. The molecule has 0 aromatic heterocycles. The molecule has 7 rings (SSSR count). The van der Waals surface area contributed by atoms with Crippen molar-refractivity contribution in [1.29, 1.82) is 0 Å². The third kappa shape index (κ3) is 10.0. The van der Waals surface area contributed by atoms with Crippen LogP contribution in [0.1, 0.15) is 86.9 Å². The van der Waals surface area contributed by atoms with E-state index in [0.717, 1.165) is 74.0 Å². The second kappa shape index (κ2) is 18.8. The van der Waals surface area contributed by atoms with Gasteiger partial charge in [-0.3, -0.25) is 14.4 Å². The number of nitrogen functional groups attached to an aromatic ring is 1. The number of amides is 3. The first-order chi connectivity index (χ1) is 27.8. The molecule has 57 heavy (non-hydrogen) atoms. The number of aliphatic hydroxyl groups is 1. The molecule has 3 saturated heterocycles. The molecule has 3 amide bonds. The van der Waals surface area contributed by atoms with Crippen LogP contribution >= 0.6 is 0 Å². The SMILES string of the molecule is Nc1ccccc1NC(=O)CCCCCCC(=O)Nc1cccc([C@@H]2O[C@H](CN3CCC4(CC3)C(=O)NCN4c3ccccc3)C[C@H](c3ccc(CO)cc3)O2)c1. The molecular weight excluding hydrogens is 721 g/mol. The third-order valence-electron chi connectivity index (χ3n) is 11.4. The Kier molecular flexibility index (Phi) is 13.2. The fourth-order valence-corrected chi connectivity index (χ4v) is 8.19. The number of aliphatic hydroxyl groups excluding tert-OH is 1. The van der Waals surface area contributed by atoms with Gasteiger partial charge in [-0.05, 0) is 73.2 Å². The minimum absolute atomic E-state index is 0.0287. The Balaban J connectivity index is 0.931. The number of benzene rings is 4. The van der Waals surface area contributed by atoms with Gasteiger partial charge in [0.15, 0.2) is 6.29 Å². The normalized spacial score (nSPS) is 20.6. The number of carbonyl (C=O) groups is 3. The lowest BCUT2D eigenvalue weighted by atomic mass is 9.85. The third-order valence-corrected chi connectivity index (χ3v) is 11.4. The fourth-order valence-electron chi connectivity index (χ4n) is 8.19. The van der Waals surface area contributed by atoms with Crippen molar-refractivity contribution < 1.29 is 29.0 Å². The monoisotopic (exact) mass is 774 g/mol. The molecule has 4 aromatic carbocycles. The van der Waals surface area contributed by atoms with Gasteiger partial charge in [0.05, 0.1) is 36.9 Å². The van der Waals surface area contributed by atoms with E-state index in [0.29, 0.717) is 49.5 Å². The van der Waals surface area contributed by atoms with Gasteiger partial charge in [0.1, 0.15) is 5.54 Å². The number of rotatable bonds is 15. The summed E-state index contributed by atoms with van der Waals surface area (Å²) in [4.78, 5) is 43.1. The van der Waals surface area contributed by atoms with E-state index in [-0.39, 0.29) is 36.5 Å². The molecule has 0 bridgehead atoms. The molecule has 0 aliphatic carbocycles. The number of ether oxygens (including phenoxy) is 2. The van der Waals surface area contributed by atoms with Crippen LogP contribution in [0.4, 0.5) is 22.7 Å². The maximum absolute atomic E-state index is 13.3. The summed E-state index contributed by atoms with van der Waals surface area (Å²) in [5, 5.41) is 18.6. The number of piperidine rings is 1. The molecule has 3 aliphatic heterocycles. The molecule has 4 aromatic rings. The number of para-hydroxylation sites is 3. The van der Waals surface area contributed by atoms with Gasteiger partial charge in [0, 0.05) is 55.8 Å². The number of nitrogens with one attached hydrogen (secondary N) is 3. The van der Waals surface area contributed by atoms with E-state index < -0.39 is 11.8 Å². The Morgan fingerprint density at radius 2 is 1.51 bits per heavy atom. The van der Waals surface area contributed by atoms with Crippen molar-refractivity contribution in [3.63, 3.8) is 0 Å². The van der Waals surface area contributed by atoms with E-state index >= 15 is 0 Å².